The predicted octanol–water partition coefficient (Wildman–Crippen LogP) is 5.83. The Morgan fingerprint density at radius 3 is 2.32 bits per heavy atom. The molecule has 5 rings (SSSR count). The molecular formula is C33H35F7N4O6S3. The fraction of sp³-hybridized carbons (Fsp3) is 0.485. The second-order valence-electron chi connectivity index (χ2n) is 12.7. The summed E-state index contributed by atoms with van der Waals surface area (Å²) >= 11 is 1.04. The molecule has 2 aliphatic rings. The SMILES string of the molecule is CC(=O)NS(=O)(=O)c1cc(OCC(F)(F)F)c(NCC#Cc2sc3c(NC4CCC(N5CCS(=O)(=O)CC5)CC4)cccc3c2CC(F)(F)F)cc1F. The van der Waals surface area contributed by atoms with Crippen LogP contribution in [0.3, 0.4) is 0 Å². The van der Waals surface area contributed by atoms with Crippen LogP contribution in [0.5, 0.6) is 5.75 Å². The molecule has 2 fully saturated rings. The van der Waals surface area contributed by atoms with E-state index in [0.717, 1.165) is 43.9 Å². The number of sulfone groups is 1. The molecule has 1 aromatic heterocycles. The van der Waals surface area contributed by atoms with Gasteiger partial charge in [0, 0.05) is 44.2 Å². The third kappa shape index (κ3) is 10.9. The summed E-state index contributed by atoms with van der Waals surface area (Å²) in [6, 6.07) is 6.27. The van der Waals surface area contributed by atoms with E-state index in [9.17, 15) is 52.4 Å². The Morgan fingerprint density at radius 1 is 1.02 bits per heavy atom. The van der Waals surface area contributed by atoms with Gasteiger partial charge >= 0.3 is 12.4 Å². The van der Waals surface area contributed by atoms with E-state index in [1.807, 2.05) is 0 Å². The lowest BCUT2D eigenvalue weighted by atomic mass is 9.90. The number of alkyl halides is 6. The summed E-state index contributed by atoms with van der Waals surface area (Å²) in [5.41, 5.74) is 0.136. The number of amides is 1. The first-order chi connectivity index (χ1) is 24.7. The van der Waals surface area contributed by atoms with E-state index in [-0.39, 0.29) is 34.0 Å². The van der Waals surface area contributed by atoms with Crippen molar-refractivity contribution in [3.8, 4) is 17.6 Å². The van der Waals surface area contributed by atoms with Crippen molar-refractivity contribution in [2.24, 2.45) is 0 Å². The molecule has 53 heavy (non-hydrogen) atoms. The number of hydrogen-bond donors (Lipinski definition) is 3. The van der Waals surface area contributed by atoms with Crippen molar-refractivity contribution in [3.63, 3.8) is 0 Å². The lowest BCUT2D eigenvalue weighted by Crippen LogP contribution is -2.48. The number of fused-ring (bicyclic) bond motifs is 1. The summed E-state index contributed by atoms with van der Waals surface area (Å²) in [5, 5.41) is 6.34. The van der Waals surface area contributed by atoms with Crippen molar-refractivity contribution in [2.45, 2.75) is 68.4 Å². The summed E-state index contributed by atoms with van der Waals surface area (Å²) in [6.07, 6.45) is -7.50. The summed E-state index contributed by atoms with van der Waals surface area (Å²) in [6.45, 7) is -0.454. The minimum Gasteiger partial charge on any atom is -0.482 e. The van der Waals surface area contributed by atoms with Gasteiger partial charge in [-0.25, -0.2) is 25.9 Å². The monoisotopic (exact) mass is 812 g/mol. The average Bonchev–Trinajstić information content (AvgIpc) is 3.38. The van der Waals surface area contributed by atoms with Gasteiger partial charge in [0.25, 0.3) is 10.0 Å². The summed E-state index contributed by atoms with van der Waals surface area (Å²) < 4.78 is 150. The Hall–Kier alpha value is -3.80. The average molecular weight is 813 g/mol. The molecule has 3 N–H and O–H groups in total. The minimum absolute atomic E-state index is 0.0334. The predicted molar refractivity (Wildman–Crippen MR) is 186 cm³/mol. The van der Waals surface area contributed by atoms with Gasteiger partial charge in [-0.15, -0.1) is 11.3 Å². The fourth-order valence-corrected chi connectivity index (χ4v) is 9.79. The zero-order valence-electron chi connectivity index (χ0n) is 28.1. The highest BCUT2D eigenvalue weighted by Crippen LogP contribution is 2.40. The van der Waals surface area contributed by atoms with Crippen LogP contribution in [0.2, 0.25) is 0 Å². The molecule has 1 saturated carbocycles. The normalized spacial score (nSPS) is 19.6. The van der Waals surface area contributed by atoms with Crippen molar-refractivity contribution in [1.29, 1.82) is 0 Å². The van der Waals surface area contributed by atoms with Gasteiger partial charge in [0.2, 0.25) is 5.91 Å². The second kappa shape index (κ2) is 15.9. The molecule has 1 amide bonds. The lowest BCUT2D eigenvalue weighted by molar-refractivity contribution is -0.153. The van der Waals surface area contributed by atoms with Gasteiger partial charge in [-0.2, -0.15) is 26.3 Å². The molecule has 0 radical (unpaired) electrons. The van der Waals surface area contributed by atoms with E-state index in [4.69, 9.17) is 4.74 Å². The van der Waals surface area contributed by atoms with Gasteiger partial charge in [0.1, 0.15) is 16.5 Å². The van der Waals surface area contributed by atoms with Crippen molar-refractivity contribution in [3.05, 3.63) is 46.6 Å². The zero-order valence-corrected chi connectivity index (χ0v) is 30.5. The van der Waals surface area contributed by atoms with Gasteiger partial charge < -0.3 is 15.4 Å². The molecule has 290 valence electrons. The van der Waals surface area contributed by atoms with Crippen LogP contribution in [0.1, 0.15) is 43.0 Å². The fourth-order valence-electron chi connectivity index (χ4n) is 6.32. The Bertz CT molecular complexity index is 2110. The van der Waals surface area contributed by atoms with Crippen LogP contribution in [0.4, 0.5) is 42.1 Å². The topological polar surface area (TPSA) is 134 Å². The van der Waals surface area contributed by atoms with Gasteiger partial charge in [0.05, 0.1) is 45.4 Å². The molecule has 0 unspecified atom stereocenters. The van der Waals surface area contributed by atoms with E-state index in [1.165, 1.54) is 4.72 Å². The van der Waals surface area contributed by atoms with Crippen LogP contribution in [-0.2, 0) is 31.1 Å². The van der Waals surface area contributed by atoms with Crippen LogP contribution in [-0.4, -0.2) is 89.8 Å². The summed E-state index contributed by atoms with van der Waals surface area (Å²) in [4.78, 5) is 12.4. The first kappa shape index (κ1) is 40.4. The van der Waals surface area contributed by atoms with E-state index < -0.39 is 79.8 Å². The van der Waals surface area contributed by atoms with Crippen molar-refractivity contribution >= 4 is 58.6 Å². The molecular weight excluding hydrogens is 778 g/mol. The highest BCUT2D eigenvalue weighted by Gasteiger charge is 2.33. The van der Waals surface area contributed by atoms with E-state index in [1.54, 1.807) is 18.2 Å². The molecule has 2 heterocycles. The number of halogens is 7. The van der Waals surface area contributed by atoms with E-state index in [0.29, 0.717) is 41.0 Å². The van der Waals surface area contributed by atoms with Gasteiger partial charge in [-0.3, -0.25) is 9.69 Å². The van der Waals surface area contributed by atoms with Gasteiger partial charge in [-0.1, -0.05) is 24.0 Å². The van der Waals surface area contributed by atoms with Crippen molar-refractivity contribution in [1.82, 2.24) is 9.62 Å². The molecule has 1 aliphatic heterocycles. The smallest absolute Gasteiger partial charge is 0.422 e. The number of nitrogens with one attached hydrogen (secondary N) is 3. The van der Waals surface area contributed by atoms with Crippen molar-refractivity contribution < 1.29 is 57.1 Å². The molecule has 1 saturated heterocycles. The summed E-state index contributed by atoms with van der Waals surface area (Å²) in [7, 11) is -7.81. The number of rotatable bonds is 10. The van der Waals surface area contributed by atoms with Gasteiger partial charge in [-0.05, 0) is 42.7 Å². The number of nitrogens with zero attached hydrogens (tertiary/aromatic N) is 1. The van der Waals surface area contributed by atoms with Gasteiger partial charge in [0.15, 0.2) is 16.4 Å². The molecule has 0 spiro atoms. The van der Waals surface area contributed by atoms with Crippen LogP contribution >= 0.6 is 11.3 Å². The molecule has 0 atom stereocenters. The number of benzene rings is 2. The Kier molecular flexibility index (Phi) is 12.1. The Labute approximate surface area is 305 Å². The van der Waals surface area contributed by atoms with Crippen molar-refractivity contribution in [2.75, 3.05) is 48.4 Å². The second-order valence-corrected chi connectivity index (χ2v) is 17.7. The van der Waals surface area contributed by atoms with Crippen LogP contribution in [0.15, 0.2) is 35.2 Å². The Balaban J connectivity index is 1.35. The maximum Gasteiger partial charge on any atom is 0.422 e. The molecule has 20 heteroatoms. The molecule has 2 aromatic carbocycles. The summed E-state index contributed by atoms with van der Waals surface area (Å²) in [5.74, 6) is 2.35. The number of anilines is 2. The third-order valence-electron chi connectivity index (χ3n) is 8.71. The van der Waals surface area contributed by atoms with Crippen LogP contribution in [0.25, 0.3) is 10.1 Å². The zero-order chi connectivity index (χ0) is 38.8. The largest absolute Gasteiger partial charge is 0.482 e. The number of carbonyl (C=O) groups is 1. The van der Waals surface area contributed by atoms with Crippen LogP contribution < -0.4 is 20.1 Å². The van der Waals surface area contributed by atoms with Crippen LogP contribution in [0, 0.1) is 17.7 Å². The quantitative estimate of drug-likeness (QED) is 0.171. The number of ether oxygens (including phenoxy) is 1. The lowest BCUT2D eigenvalue weighted by Gasteiger charge is -2.39. The number of thiophene rings is 1. The molecule has 3 aromatic rings. The molecule has 0 bridgehead atoms. The molecule has 1 aliphatic carbocycles. The number of carbonyl (C=O) groups excluding carboxylic acids is 1. The minimum atomic E-state index is -4.86. The standard InChI is InChI=1S/C33H35F7N4O6S3/c1-20(45)43-53(48,49)30-17-28(50-19-33(38,39)40)27(16-25(30)34)41-11-3-6-29-24(18-32(35,36)37)23-4-2-5-26(31(23)51-29)42-21-7-9-22(10-8-21)44-12-14-52(46,47)15-13-44/h2,4-5,16-17,21-22,41-42H,7-15,18-19H2,1H3,(H,43,45). The maximum absolute atomic E-state index is 14.9. The number of sulfonamides is 1. The molecule has 10 nitrogen and oxygen atoms in total. The highest BCUT2D eigenvalue weighted by atomic mass is 32.2. The maximum atomic E-state index is 14.9. The Morgan fingerprint density at radius 2 is 1.70 bits per heavy atom. The van der Waals surface area contributed by atoms with E-state index in [2.05, 4.69) is 27.4 Å². The third-order valence-corrected chi connectivity index (χ3v) is 13.0. The first-order valence-corrected chi connectivity index (χ1v) is 20.4. The first-order valence-electron chi connectivity index (χ1n) is 16.3. The highest BCUT2D eigenvalue weighted by molar-refractivity contribution is 7.91. The van der Waals surface area contributed by atoms with E-state index >= 15 is 0 Å². The number of hydrogen-bond acceptors (Lipinski definition) is 10.